The maximum absolute atomic E-state index is 12.4. The summed E-state index contributed by atoms with van der Waals surface area (Å²) in [6.45, 7) is 7.59. The van der Waals surface area contributed by atoms with Crippen LogP contribution in [-0.2, 0) is 0 Å². The van der Waals surface area contributed by atoms with Crippen molar-refractivity contribution in [1.82, 2.24) is 0 Å². The Kier molecular flexibility index (Phi) is 5.38. The molecule has 0 saturated heterocycles. The molecule has 6 heteroatoms. The van der Waals surface area contributed by atoms with Crippen LogP contribution in [0.2, 0.25) is 5.02 Å². The van der Waals surface area contributed by atoms with Gasteiger partial charge in [-0.05, 0) is 69.7 Å². The van der Waals surface area contributed by atoms with Crippen molar-refractivity contribution in [2.75, 3.05) is 5.32 Å². The molecule has 0 aromatic heterocycles. The zero-order valence-electron chi connectivity index (χ0n) is 14.5. The Morgan fingerprint density at radius 2 is 1.68 bits per heavy atom. The van der Waals surface area contributed by atoms with E-state index in [0.29, 0.717) is 22.0 Å². The monoisotopic (exact) mass is 361 g/mol. The van der Waals surface area contributed by atoms with Gasteiger partial charge in [0.15, 0.2) is 0 Å². The number of aromatic carboxylic acids is 1. The second-order valence-corrected chi connectivity index (χ2v) is 7.06. The van der Waals surface area contributed by atoms with E-state index in [0.717, 1.165) is 5.56 Å². The van der Waals surface area contributed by atoms with Crippen LogP contribution in [0.4, 0.5) is 5.69 Å². The quantitative estimate of drug-likeness (QED) is 0.821. The minimum absolute atomic E-state index is 0.153. The van der Waals surface area contributed by atoms with Crippen LogP contribution in [-0.4, -0.2) is 22.6 Å². The summed E-state index contributed by atoms with van der Waals surface area (Å²) in [6, 6.07) is 9.18. The lowest BCUT2D eigenvalue weighted by Gasteiger charge is -2.23. The van der Waals surface area contributed by atoms with Crippen molar-refractivity contribution in [1.29, 1.82) is 0 Å². The largest absolute Gasteiger partial charge is 0.486 e. The summed E-state index contributed by atoms with van der Waals surface area (Å²) in [5.41, 5.74) is 1.41. The summed E-state index contributed by atoms with van der Waals surface area (Å²) in [5, 5.41) is 12.0. The van der Waals surface area contributed by atoms with Crippen LogP contribution in [0.3, 0.4) is 0 Å². The summed E-state index contributed by atoms with van der Waals surface area (Å²) in [6.07, 6.45) is 0. The predicted octanol–water partition coefficient (Wildman–Crippen LogP) is 4.78. The molecule has 0 aliphatic rings. The average molecular weight is 362 g/mol. The van der Waals surface area contributed by atoms with Crippen LogP contribution in [0.1, 0.15) is 47.1 Å². The Balaban J connectivity index is 2.20. The van der Waals surface area contributed by atoms with Crippen LogP contribution < -0.4 is 10.1 Å². The van der Waals surface area contributed by atoms with Crippen molar-refractivity contribution >= 4 is 29.2 Å². The van der Waals surface area contributed by atoms with Gasteiger partial charge in [-0.2, -0.15) is 0 Å². The number of amides is 1. The molecule has 0 unspecified atom stereocenters. The van der Waals surface area contributed by atoms with Gasteiger partial charge in [0.25, 0.3) is 5.91 Å². The SMILES string of the molecule is Cc1cc(C(=O)Nc2ccc(C(=O)O)cc2)cc(Cl)c1OC(C)(C)C. The summed E-state index contributed by atoms with van der Waals surface area (Å²) >= 11 is 6.27. The molecule has 2 N–H and O–H groups in total. The van der Waals surface area contributed by atoms with Gasteiger partial charge in [-0.1, -0.05) is 11.6 Å². The first-order valence-electron chi connectivity index (χ1n) is 7.71. The van der Waals surface area contributed by atoms with Gasteiger partial charge in [0, 0.05) is 11.3 Å². The third-order valence-corrected chi connectivity index (χ3v) is 3.57. The van der Waals surface area contributed by atoms with E-state index in [9.17, 15) is 9.59 Å². The number of anilines is 1. The standard InChI is InChI=1S/C19H20ClNO4/c1-11-9-13(10-15(20)16(11)25-19(2,3)4)17(22)21-14-7-5-12(6-8-14)18(23)24/h5-10H,1-4H3,(H,21,22)(H,23,24). The maximum Gasteiger partial charge on any atom is 0.335 e. The van der Waals surface area contributed by atoms with Gasteiger partial charge >= 0.3 is 5.97 Å². The predicted molar refractivity (Wildman–Crippen MR) is 97.9 cm³/mol. The Morgan fingerprint density at radius 3 is 2.16 bits per heavy atom. The smallest absolute Gasteiger partial charge is 0.335 e. The normalized spacial score (nSPS) is 11.1. The van der Waals surface area contributed by atoms with E-state index in [1.165, 1.54) is 24.3 Å². The Morgan fingerprint density at radius 1 is 1.08 bits per heavy atom. The molecule has 0 atom stereocenters. The number of halogens is 1. The van der Waals surface area contributed by atoms with Crippen molar-refractivity contribution in [3.8, 4) is 5.75 Å². The molecule has 0 aliphatic heterocycles. The first-order valence-corrected chi connectivity index (χ1v) is 8.08. The van der Waals surface area contributed by atoms with Crippen molar-refractivity contribution in [3.05, 3.63) is 58.1 Å². The number of aryl methyl sites for hydroxylation is 1. The molecule has 0 aliphatic carbocycles. The molecule has 2 aromatic rings. The van der Waals surface area contributed by atoms with E-state index in [-0.39, 0.29) is 11.5 Å². The molecular weight excluding hydrogens is 342 g/mol. The Hall–Kier alpha value is -2.53. The van der Waals surface area contributed by atoms with Gasteiger partial charge in [-0.3, -0.25) is 4.79 Å². The third-order valence-electron chi connectivity index (χ3n) is 3.29. The lowest BCUT2D eigenvalue weighted by molar-refractivity contribution is 0.0696. The number of ether oxygens (including phenoxy) is 1. The van der Waals surface area contributed by atoms with Crippen molar-refractivity contribution in [2.45, 2.75) is 33.3 Å². The third kappa shape index (κ3) is 4.97. The number of nitrogens with one attached hydrogen (secondary N) is 1. The molecular formula is C19H20ClNO4. The van der Waals surface area contributed by atoms with Gasteiger partial charge < -0.3 is 15.2 Å². The number of carbonyl (C=O) groups excluding carboxylic acids is 1. The fraction of sp³-hybridized carbons (Fsp3) is 0.263. The second-order valence-electron chi connectivity index (χ2n) is 6.66. The second kappa shape index (κ2) is 7.15. The Bertz CT molecular complexity index is 784. The molecule has 0 heterocycles. The van der Waals surface area contributed by atoms with Crippen molar-refractivity contribution in [3.63, 3.8) is 0 Å². The van der Waals surface area contributed by atoms with Gasteiger partial charge in [-0.15, -0.1) is 0 Å². The minimum atomic E-state index is -1.02. The topological polar surface area (TPSA) is 75.6 Å². The minimum Gasteiger partial charge on any atom is -0.486 e. The fourth-order valence-corrected chi connectivity index (χ4v) is 2.50. The number of hydrogen-bond acceptors (Lipinski definition) is 3. The highest BCUT2D eigenvalue weighted by Gasteiger charge is 2.18. The first kappa shape index (κ1) is 18.8. The van der Waals surface area contributed by atoms with Crippen LogP contribution in [0.5, 0.6) is 5.75 Å². The van der Waals surface area contributed by atoms with Crippen LogP contribution in [0.15, 0.2) is 36.4 Å². The molecule has 2 rings (SSSR count). The van der Waals surface area contributed by atoms with E-state index >= 15 is 0 Å². The van der Waals surface area contributed by atoms with E-state index in [2.05, 4.69) is 5.32 Å². The van der Waals surface area contributed by atoms with Gasteiger partial charge in [-0.25, -0.2) is 4.79 Å². The summed E-state index contributed by atoms with van der Waals surface area (Å²) in [7, 11) is 0. The van der Waals surface area contributed by atoms with Crippen molar-refractivity contribution < 1.29 is 19.4 Å². The molecule has 5 nitrogen and oxygen atoms in total. The molecule has 1 amide bonds. The molecule has 0 fully saturated rings. The molecule has 0 saturated carbocycles. The molecule has 0 radical (unpaired) electrons. The summed E-state index contributed by atoms with van der Waals surface area (Å²) < 4.78 is 5.83. The lowest BCUT2D eigenvalue weighted by atomic mass is 10.1. The van der Waals surface area contributed by atoms with Gasteiger partial charge in [0.1, 0.15) is 11.4 Å². The molecule has 0 spiro atoms. The highest BCUT2D eigenvalue weighted by Crippen LogP contribution is 2.33. The summed E-state index contributed by atoms with van der Waals surface area (Å²) in [5.74, 6) is -0.804. The molecule has 25 heavy (non-hydrogen) atoms. The van der Waals surface area contributed by atoms with Gasteiger partial charge in [0.2, 0.25) is 0 Å². The number of hydrogen-bond donors (Lipinski definition) is 2. The summed E-state index contributed by atoms with van der Waals surface area (Å²) in [4.78, 5) is 23.3. The maximum atomic E-state index is 12.4. The fourth-order valence-electron chi connectivity index (χ4n) is 2.20. The number of benzene rings is 2. The van der Waals surface area contributed by atoms with Crippen LogP contribution in [0.25, 0.3) is 0 Å². The zero-order valence-corrected chi connectivity index (χ0v) is 15.3. The van der Waals surface area contributed by atoms with Crippen LogP contribution >= 0.6 is 11.6 Å². The highest BCUT2D eigenvalue weighted by atomic mass is 35.5. The number of rotatable bonds is 4. The first-order chi connectivity index (χ1) is 11.6. The zero-order chi connectivity index (χ0) is 18.8. The molecule has 2 aromatic carbocycles. The van der Waals surface area contributed by atoms with Gasteiger partial charge in [0.05, 0.1) is 10.6 Å². The lowest BCUT2D eigenvalue weighted by Crippen LogP contribution is -2.24. The van der Waals surface area contributed by atoms with E-state index < -0.39 is 11.6 Å². The van der Waals surface area contributed by atoms with Crippen molar-refractivity contribution in [2.24, 2.45) is 0 Å². The number of carboxylic acids is 1. The molecule has 0 bridgehead atoms. The van der Waals surface area contributed by atoms with E-state index in [4.69, 9.17) is 21.4 Å². The molecule has 132 valence electrons. The number of carbonyl (C=O) groups is 2. The van der Waals surface area contributed by atoms with Crippen LogP contribution in [0, 0.1) is 6.92 Å². The average Bonchev–Trinajstić information content (AvgIpc) is 2.50. The highest BCUT2D eigenvalue weighted by molar-refractivity contribution is 6.32. The van der Waals surface area contributed by atoms with E-state index in [1.54, 1.807) is 12.1 Å². The Labute approximate surface area is 151 Å². The van der Waals surface area contributed by atoms with E-state index in [1.807, 2.05) is 27.7 Å². The number of carboxylic acid groups (broad SMARTS) is 1.